The topological polar surface area (TPSA) is 59.0 Å². The third-order valence-corrected chi connectivity index (χ3v) is 4.46. The summed E-state index contributed by atoms with van der Waals surface area (Å²) in [4.78, 5) is 16.6. The first kappa shape index (κ1) is 17.0. The molecule has 0 aliphatic rings. The molecular weight excluding hydrogens is 312 g/mol. The largest absolute Gasteiger partial charge is 0.338 e. The minimum Gasteiger partial charge on any atom is -0.338 e. The summed E-state index contributed by atoms with van der Waals surface area (Å²) >= 11 is 0. The van der Waals surface area contributed by atoms with Crippen LogP contribution in [0.15, 0.2) is 42.7 Å². The molecule has 0 unspecified atom stereocenters. The van der Waals surface area contributed by atoms with E-state index in [9.17, 15) is 4.79 Å². The molecule has 0 atom stereocenters. The summed E-state index contributed by atoms with van der Waals surface area (Å²) in [5.41, 5.74) is 5.21. The second kappa shape index (κ2) is 7.38. The van der Waals surface area contributed by atoms with E-state index in [0.29, 0.717) is 6.54 Å². The number of urea groups is 1. The van der Waals surface area contributed by atoms with E-state index in [1.165, 1.54) is 5.56 Å². The number of nitrogens with one attached hydrogen (secondary N) is 2. The lowest BCUT2D eigenvalue weighted by atomic mass is 10.1. The molecule has 1 aromatic carbocycles. The van der Waals surface area contributed by atoms with Crippen LogP contribution in [-0.2, 0) is 13.0 Å². The molecule has 0 saturated carbocycles. The van der Waals surface area contributed by atoms with Gasteiger partial charge in [-0.25, -0.2) is 9.78 Å². The number of carbonyl (C=O) groups excluding carboxylic acids is 1. The molecular formula is C20H24N4O. The summed E-state index contributed by atoms with van der Waals surface area (Å²) in [6, 6.07) is 9.85. The van der Waals surface area contributed by atoms with Crippen molar-refractivity contribution in [1.29, 1.82) is 0 Å². The lowest BCUT2D eigenvalue weighted by Crippen LogP contribution is -2.31. The van der Waals surface area contributed by atoms with Crippen molar-refractivity contribution in [3.63, 3.8) is 0 Å². The Labute approximate surface area is 148 Å². The highest BCUT2D eigenvalue weighted by Crippen LogP contribution is 2.20. The molecule has 2 aromatic heterocycles. The van der Waals surface area contributed by atoms with Crippen molar-refractivity contribution in [1.82, 2.24) is 14.9 Å². The van der Waals surface area contributed by atoms with Gasteiger partial charge in [-0.2, -0.15) is 0 Å². The smallest absolute Gasteiger partial charge is 0.319 e. The molecule has 2 N–H and O–H groups in total. The second-order valence-electron chi connectivity index (χ2n) is 6.21. The van der Waals surface area contributed by atoms with Crippen LogP contribution in [0.5, 0.6) is 0 Å². The van der Waals surface area contributed by atoms with Crippen LogP contribution in [0, 0.1) is 13.8 Å². The highest BCUT2D eigenvalue weighted by atomic mass is 16.2. The van der Waals surface area contributed by atoms with Gasteiger partial charge in [0, 0.05) is 36.6 Å². The van der Waals surface area contributed by atoms with Gasteiger partial charge in [-0.15, -0.1) is 0 Å². The van der Waals surface area contributed by atoms with E-state index in [-0.39, 0.29) is 6.03 Å². The van der Waals surface area contributed by atoms with E-state index >= 15 is 0 Å². The van der Waals surface area contributed by atoms with Crippen LogP contribution in [0.1, 0.15) is 23.6 Å². The number of fused-ring (bicyclic) bond motifs is 1. The number of hydrogen-bond donors (Lipinski definition) is 2. The zero-order valence-corrected chi connectivity index (χ0v) is 15.0. The molecule has 25 heavy (non-hydrogen) atoms. The number of para-hydroxylation sites is 1. The van der Waals surface area contributed by atoms with Gasteiger partial charge in [0.2, 0.25) is 0 Å². The first-order valence-electron chi connectivity index (χ1n) is 8.64. The van der Waals surface area contributed by atoms with Crippen molar-refractivity contribution in [2.45, 2.75) is 33.7 Å². The van der Waals surface area contributed by atoms with Crippen molar-refractivity contribution < 1.29 is 4.79 Å². The van der Waals surface area contributed by atoms with Gasteiger partial charge in [-0.05, 0) is 56.0 Å². The highest BCUT2D eigenvalue weighted by molar-refractivity contribution is 5.91. The zero-order chi connectivity index (χ0) is 17.8. The minimum atomic E-state index is -0.172. The number of aryl methyl sites for hydroxylation is 3. The van der Waals surface area contributed by atoms with Crippen molar-refractivity contribution in [3.8, 4) is 0 Å². The summed E-state index contributed by atoms with van der Waals surface area (Å²) in [7, 11) is 0. The van der Waals surface area contributed by atoms with E-state index in [1.807, 2.05) is 44.3 Å². The minimum absolute atomic E-state index is 0.172. The van der Waals surface area contributed by atoms with E-state index in [4.69, 9.17) is 0 Å². The third kappa shape index (κ3) is 3.65. The van der Waals surface area contributed by atoms with E-state index in [2.05, 4.69) is 39.4 Å². The summed E-state index contributed by atoms with van der Waals surface area (Å²) in [6.45, 7) is 7.56. The number of nitrogens with zero attached hydrogens (tertiary/aromatic N) is 2. The number of rotatable bonds is 5. The molecule has 3 aromatic rings. The van der Waals surface area contributed by atoms with E-state index in [0.717, 1.165) is 40.8 Å². The average molecular weight is 336 g/mol. The molecule has 0 spiro atoms. The second-order valence-corrected chi connectivity index (χ2v) is 6.21. The molecule has 5 heteroatoms. The van der Waals surface area contributed by atoms with Gasteiger partial charge >= 0.3 is 6.03 Å². The molecule has 3 rings (SSSR count). The predicted octanol–water partition coefficient (Wildman–Crippen LogP) is 4.04. The molecule has 5 nitrogen and oxygen atoms in total. The maximum absolute atomic E-state index is 12.2. The average Bonchev–Trinajstić information content (AvgIpc) is 2.96. The molecule has 2 heterocycles. The Hall–Kier alpha value is -2.82. The van der Waals surface area contributed by atoms with E-state index in [1.54, 1.807) is 0 Å². The number of pyridine rings is 1. The Morgan fingerprint density at radius 1 is 1.16 bits per heavy atom. The van der Waals surface area contributed by atoms with Gasteiger partial charge in [0.05, 0.1) is 0 Å². The Morgan fingerprint density at radius 2 is 1.92 bits per heavy atom. The maximum Gasteiger partial charge on any atom is 0.319 e. The molecule has 0 radical (unpaired) electrons. The quantitative estimate of drug-likeness (QED) is 0.739. The molecule has 0 saturated heterocycles. The Kier molecular flexibility index (Phi) is 5.03. The fourth-order valence-corrected chi connectivity index (χ4v) is 3.12. The van der Waals surface area contributed by atoms with Crippen LogP contribution >= 0.6 is 0 Å². The van der Waals surface area contributed by atoms with Gasteiger partial charge in [-0.3, -0.25) is 0 Å². The molecule has 0 aliphatic carbocycles. The zero-order valence-electron chi connectivity index (χ0n) is 15.0. The molecule has 0 aliphatic heterocycles. The number of hydrogen-bond acceptors (Lipinski definition) is 2. The van der Waals surface area contributed by atoms with Gasteiger partial charge in [0.25, 0.3) is 0 Å². The Balaban J connectivity index is 1.62. The van der Waals surface area contributed by atoms with Crippen molar-refractivity contribution >= 4 is 22.8 Å². The summed E-state index contributed by atoms with van der Waals surface area (Å²) < 4.78 is 2.14. The fourth-order valence-electron chi connectivity index (χ4n) is 3.12. The number of aromatic nitrogens is 2. The van der Waals surface area contributed by atoms with Crippen LogP contribution in [0.3, 0.4) is 0 Å². The number of carbonyl (C=O) groups is 1. The summed E-state index contributed by atoms with van der Waals surface area (Å²) in [5, 5.41) is 7.05. The monoisotopic (exact) mass is 336 g/mol. The van der Waals surface area contributed by atoms with Crippen molar-refractivity contribution in [2.24, 2.45) is 0 Å². The third-order valence-electron chi connectivity index (χ3n) is 4.46. The maximum atomic E-state index is 12.2. The number of benzene rings is 1. The number of anilines is 1. The van der Waals surface area contributed by atoms with Crippen LogP contribution < -0.4 is 10.6 Å². The fraction of sp³-hybridized carbons (Fsp3) is 0.300. The standard InChI is InChI=1S/C20H24N4O/c1-4-24-13-16(17-9-6-11-21-19(17)24)10-12-22-20(25)23-18-14(2)7-5-8-15(18)3/h5-9,11,13H,4,10,12H2,1-3H3,(H2,22,23,25). The lowest BCUT2D eigenvalue weighted by molar-refractivity contribution is 0.252. The van der Waals surface area contributed by atoms with E-state index < -0.39 is 0 Å². The highest BCUT2D eigenvalue weighted by Gasteiger charge is 2.10. The molecule has 130 valence electrons. The normalized spacial score (nSPS) is 10.8. The van der Waals surface area contributed by atoms with Crippen LogP contribution in [0.25, 0.3) is 11.0 Å². The lowest BCUT2D eigenvalue weighted by Gasteiger charge is -2.12. The molecule has 0 bridgehead atoms. The van der Waals surface area contributed by atoms with Gasteiger partial charge in [0.1, 0.15) is 5.65 Å². The first-order chi connectivity index (χ1) is 12.1. The molecule has 0 fully saturated rings. The van der Waals surface area contributed by atoms with Gasteiger partial charge in [0.15, 0.2) is 0 Å². The number of amides is 2. The summed E-state index contributed by atoms with van der Waals surface area (Å²) in [5.74, 6) is 0. The van der Waals surface area contributed by atoms with Crippen LogP contribution in [-0.4, -0.2) is 22.1 Å². The van der Waals surface area contributed by atoms with Gasteiger partial charge < -0.3 is 15.2 Å². The van der Waals surface area contributed by atoms with Crippen LogP contribution in [0.2, 0.25) is 0 Å². The predicted molar refractivity (Wildman–Crippen MR) is 102 cm³/mol. The Bertz CT molecular complexity index is 878. The van der Waals surface area contributed by atoms with Crippen LogP contribution in [0.4, 0.5) is 10.5 Å². The summed E-state index contributed by atoms with van der Waals surface area (Å²) in [6.07, 6.45) is 4.71. The van der Waals surface area contributed by atoms with Crippen molar-refractivity contribution in [3.05, 3.63) is 59.4 Å². The first-order valence-corrected chi connectivity index (χ1v) is 8.64. The SMILES string of the molecule is CCn1cc(CCNC(=O)Nc2c(C)cccc2C)c2cccnc21. The molecule has 2 amide bonds. The van der Waals surface area contributed by atoms with Gasteiger partial charge in [-0.1, -0.05) is 18.2 Å². The van der Waals surface area contributed by atoms with Crippen molar-refractivity contribution in [2.75, 3.05) is 11.9 Å². The Morgan fingerprint density at radius 3 is 2.64 bits per heavy atom.